The first-order chi connectivity index (χ1) is 15.6. The summed E-state index contributed by atoms with van der Waals surface area (Å²) < 4.78 is 17.6. The molecule has 9 heteroatoms. The van der Waals surface area contributed by atoms with E-state index in [2.05, 4.69) is 4.90 Å². The molecule has 178 valence electrons. The number of fused-ring (bicyclic) bond motifs is 1. The third kappa shape index (κ3) is 6.80. The van der Waals surface area contributed by atoms with Gasteiger partial charge in [-0.2, -0.15) is 0 Å². The molecule has 3 aromatic rings. The molecule has 1 aliphatic rings. The summed E-state index contributed by atoms with van der Waals surface area (Å²) in [4.78, 5) is 22.1. The van der Waals surface area contributed by atoms with E-state index in [-0.39, 0.29) is 24.9 Å². The number of hydrogen-bond donors (Lipinski definition) is 0. The van der Waals surface area contributed by atoms with Crippen LogP contribution in [0, 0.1) is 6.92 Å². The maximum absolute atomic E-state index is 13.2. The summed E-state index contributed by atoms with van der Waals surface area (Å²) in [5.74, 6) is 1.35. The smallest absolute Gasteiger partial charge is 0.266 e. The first-order valence-electron chi connectivity index (χ1n) is 10.9. The Kier molecular flexibility index (Phi) is 9.31. The van der Waals surface area contributed by atoms with E-state index in [4.69, 9.17) is 19.2 Å². The zero-order chi connectivity index (χ0) is 22.3. The number of carbonyl (C=O) groups is 1. The quantitative estimate of drug-likeness (QED) is 0.447. The molecule has 0 aliphatic carbocycles. The number of nitrogens with zero attached hydrogens (tertiary/aromatic N) is 3. The fourth-order valence-electron chi connectivity index (χ4n) is 3.67. The Bertz CT molecular complexity index is 1060. The molecular formula is C24H30ClN3O4S. The second kappa shape index (κ2) is 12.2. The lowest BCUT2D eigenvalue weighted by atomic mass is 10.2. The minimum absolute atomic E-state index is 0. The third-order valence-corrected chi connectivity index (χ3v) is 6.49. The third-order valence-electron chi connectivity index (χ3n) is 5.43. The van der Waals surface area contributed by atoms with Crippen LogP contribution in [0.25, 0.3) is 10.2 Å². The monoisotopic (exact) mass is 491 g/mol. The fraction of sp³-hybridized carbons (Fsp3) is 0.417. The van der Waals surface area contributed by atoms with Gasteiger partial charge in [-0.15, -0.1) is 12.4 Å². The van der Waals surface area contributed by atoms with Gasteiger partial charge in [0.1, 0.15) is 11.5 Å². The predicted octanol–water partition coefficient (Wildman–Crippen LogP) is 4.17. The van der Waals surface area contributed by atoms with E-state index in [0.717, 1.165) is 60.8 Å². The first kappa shape index (κ1) is 25.2. The van der Waals surface area contributed by atoms with Crippen LogP contribution in [0.2, 0.25) is 0 Å². The lowest BCUT2D eigenvalue weighted by Crippen LogP contribution is -2.40. The normalized spacial score (nSPS) is 14.0. The molecule has 0 bridgehead atoms. The summed E-state index contributed by atoms with van der Waals surface area (Å²) in [5, 5.41) is 0.688. The first-order valence-corrected chi connectivity index (χ1v) is 11.7. The number of methoxy groups -OCH3 is 1. The molecular weight excluding hydrogens is 462 g/mol. The average Bonchev–Trinajstić information content (AvgIpc) is 3.24. The van der Waals surface area contributed by atoms with E-state index in [1.54, 1.807) is 12.0 Å². The molecule has 1 fully saturated rings. The second-order valence-electron chi connectivity index (χ2n) is 7.79. The van der Waals surface area contributed by atoms with Gasteiger partial charge in [0.15, 0.2) is 11.7 Å². The van der Waals surface area contributed by atoms with Crippen molar-refractivity contribution in [2.75, 3.05) is 58.0 Å². The molecule has 1 aliphatic heterocycles. The number of amides is 1. The Morgan fingerprint density at radius 2 is 2.00 bits per heavy atom. The number of hydrogen-bond acceptors (Lipinski definition) is 7. The van der Waals surface area contributed by atoms with E-state index in [0.29, 0.717) is 17.4 Å². The predicted molar refractivity (Wildman–Crippen MR) is 134 cm³/mol. The number of benzene rings is 2. The van der Waals surface area contributed by atoms with Gasteiger partial charge in [0.25, 0.3) is 5.91 Å². The number of halogens is 1. The molecule has 7 nitrogen and oxygen atoms in total. The summed E-state index contributed by atoms with van der Waals surface area (Å²) in [5.41, 5.74) is 1.92. The van der Waals surface area contributed by atoms with Crippen molar-refractivity contribution in [3.63, 3.8) is 0 Å². The van der Waals surface area contributed by atoms with E-state index in [1.807, 2.05) is 49.4 Å². The number of aromatic nitrogens is 1. The van der Waals surface area contributed by atoms with Crippen molar-refractivity contribution in [2.24, 2.45) is 0 Å². The number of aryl methyl sites for hydroxylation is 1. The number of ether oxygens (including phenoxy) is 3. The highest BCUT2D eigenvalue weighted by molar-refractivity contribution is 7.22. The lowest BCUT2D eigenvalue weighted by molar-refractivity contribution is -0.120. The number of carbonyl (C=O) groups excluding carboxylic acids is 1. The highest BCUT2D eigenvalue weighted by Gasteiger charge is 2.21. The molecule has 0 unspecified atom stereocenters. The van der Waals surface area contributed by atoms with Gasteiger partial charge in [0, 0.05) is 32.2 Å². The number of thiazole rings is 1. The molecule has 33 heavy (non-hydrogen) atoms. The summed E-state index contributed by atoms with van der Waals surface area (Å²) >= 11 is 1.51. The van der Waals surface area contributed by atoms with Gasteiger partial charge in [-0.05, 0) is 43.2 Å². The van der Waals surface area contributed by atoms with Crippen LogP contribution >= 0.6 is 23.7 Å². The molecule has 0 saturated carbocycles. The molecule has 1 saturated heterocycles. The van der Waals surface area contributed by atoms with Gasteiger partial charge in [-0.3, -0.25) is 14.6 Å². The van der Waals surface area contributed by atoms with Crippen molar-refractivity contribution in [1.29, 1.82) is 0 Å². The van der Waals surface area contributed by atoms with Gasteiger partial charge in [0.2, 0.25) is 0 Å². The molecule has 0 spiro atoms. The van der Waals surface area contributed by atoms with Crippen molar-refractivity contribution in [3.8, 4) is 11.5 Å². The van der Waals surface area contributed by atoms with Gasteiger partial charge >= 0.3 is 0 Å². The van der Waals surface area contributed by atoms with Crippen LogP contribution in [0.15, 0.2) is 42.5 Å². The maximum Gasteiger partial charge on any atom is 0.266 e. The maximum atomic E-state index is 13.2. The van der Waals surface area contributed by atoms with Crippen molar-refractivity contribution in [3.05, 3.63) is 48.0 Å². The van der Waals surface area contributed by atoms with Gasteiger partial charge in [-0.1, -0.05) is 23.5 Å². The number of rotatable bonds is 9. The second-order valence-corrected chi connectivity index (χ2v) is 8.80. The zero-order valence-corrected chi connectivity index (χ0v) is 20.6. The summed E-state index contributed by atoms with van der Waals surface area (Å²) in [6, 6.07) is 13.5. The average molecular weight is 492 g/mol. The van der Waals surface area contributed by atoms with Crippen LogP contribution in [-0.2, 0) is 9.53 Å². The lowest BCUT2D eigenvalue weighted by Gasteiger charge is -2.27. The summed E-state index contributed by atoms with van der Waals surface area (Å²) in [6.07, 6.45) is 0.857. The molecule has 0 atom stereocenters. The fourth-order valence-corrected chi connectivity index (χ4v) is 4.66. The van der Waals surface area contributed by atoms with Crippen LogP contribution in [0.3, 0.4) is 0 Å². The Morgan fingerprint density at radius 1 is 1.18 bits per heavy atom. The van der Waals surface area contributed by atoms with Crippen LogP contribution in [0.1, 0.15) is 12.0 Å². The van der Waals surface area contributed by atoms with Crippen LogP contribution in [0.5, 0.6) is 11.5 Å². The molecule has 2 heterocycles. The molecule has 2 aromatic carbocycles. The minimum atomic E-state index is -0.0977. The highest BCUT2D eigenvalue weighted by Crippen LogP contribution is 2.31. The van der Waals surface area contributed by atoms with Crippen molar-refractivity contribution in [2.45, 2.75) is 13.3 Å². The summed E-state index contributed by atoms with van der Waals surface area (Å²) in [6.45, 7) is 6.90. The summed E-state index contributed by atoms with van der Waals surface area (Å²) in [7, 11) is 1.64. The van der Waals surface area contributed by atoms with Gasteiger partial charge in [-0.25, -0.2) is 4.98 Å². The zero-order valence-electron chi connectivity index (χ0n) is 19.0. The van der Waals surface area contributed by atoms with Gasteiger partial charge < -0.3 is 14.2 Å². The topological polar surface area (TPSA) is 64.1 Å². The highest BCUT2D eigenvalue weighted by atomic mass is 35.5. The molecule has 4 rings (SSSR count). The minimum Gasteiger partial charge on any atom is -0.497 e. The Balaban J connectivity index is 0.00000306. The van der Waals surface area contributed by atoms with Crippen LogP contribution in [0.4, 0.5) is 5.13 Å². The standard InChI is InChI=1S/C24H29N3O4S.ClH/c1-18-5-3-6-20(15-18)31-17-23(28)27(10-4-9-26-11-13-30-14-12-26)24-25-21-16-19(29-2)7-8-22(21)32-24;/h3,5-8,15-16H,4,9-14,17H2,1-2H3;1H. The van der Waals surface area contributed by atoms with E-state index < -0.39 is 0 Å². The molecule has 1 amide bonds. The van der Waals surface area contributed by atoms with Crippen LogP contribution in [-0.4, -0.2) is 68.9 Å². The van der Waals surface area contributed by atoms with Crippen molar-refractivity contribution >= 4 is 45.0 Å². The van der Waals surface area contributed by atoms with Crippen molar-refractivity contribution < 1.29 is 19.0 Å². The molecule has 0 radical (unpaired) electrons. The van der Waals surface area contributed by atoms with E-state index >= 15 is 0 Å². The van der Waals surface area contributed by atoms with Crippen LogP contribution < -0.4 is 14.4 Å². The number of anilines is 1. The number of morpholine rings is 1. The van der Waals surface area contributed by atoms with E-state index in [9.17, 15) is 4.79 Å². The van der Waals surface area contributed by atoms with Gasteiger partial charge in [0.05, 0.1) is 30.5 Å². The Labute approximate surface area is 204 Å². The largest absolute Gasteiger partial charge is 0.497 e. The molecule has 0 N–H and O–H groups in total. The Hall–Kier alpha value is -2.39. The Morgan fingerprint density at radius 3 is 2.76 bits per heavy atom. The molecule has 1 aromatic heterocycles. The van der Waals surface area contributed by atoms with E-state index in [1.165, 1.54) is 11.3 Å². The SMILES string of the molecule is COc1ccc2sc(N(CCCN3CCOCC3)C(=O)COc3cccc(C)c3)nc2c1.Cl. The van der Waals surface area contributed by atoms with Crippen molar-refractivity contribution in [1.82, 2.24) is 9.88 Å².